The van der Waals surface area contributed by atoms with Crippen LogP contribution in [0.25, 0.3) is 0 Å². The van der Waals surface area contributed by atoms with E-state index in [1.54, 1.807) is 5.57 Å². The minimum Gasteiger partial charge on any atom is -0.393 e. The van der Waals surface area contributed by atoms with Crippen LogP contribution in [-0.2, 0) is 4.74 Å². The van der Waals surface area contributed by atoms with Gasteiger partial charge in [0.05, 0.1) is 6.10 Å². The average Bonchev–Trinajstić information content (AvgIpc) is 3.12. The molecule has 4 rings (SSSR count). The van der Waals surface area contributed by atoms with Crippen molar-refractivity contribution in [2.45, 2.75) is 125 Å². The molecule has 4 aliphatic rings. The van der Waals surface area contributed by atoms with E-state index < -0.39 is 0 Å². The van der Waals surface area contributed by atoms with E-state index in [9.17, 15) is 5.11 Å². The number of hydrogen-bond donors (Lipinski definition) is 1. The zero-order chi connectivity index (χ0) is 24.2. The minimum atomic E-state index is -0.0766. The maximum Gasteiger partial charge on any atom is 0.0577 e. The summed E-state index contributed by atoms with van der Waals surface area (Å²) in [4.78, 5) is 0. The van der Waals surface area contributed by atoms with Gasteiger partial charge in [0, 0.05) is 13.2 Å². The SMILES string of the molecule is CC(C)CCC[C@@H](C)[C@H]1CC[C@H]2[C@@H]3CC=C4C[C@@H](O)CC[C@]4(C)[C@H]3CC[C@]12C.CCOCC. The van der Waals surface area contributed by atoms with Crippen LogP contribution in [0.15, 0.2) is 11.6 Å². The quantitative estimate of drug-likeness (QED) is 0.386. The second-order valence-electron chi connectivity index (χ2n) is 13.0. The Morgan fingerprint density at radius 1 is 0.970 bits per heavy atom. The molecule has 0 spiro atoms. The Bertz CT molecular complexity index is 637. The molecule has 0 amide bonds. The second-order valence-corrected chi connectivity index (χ2v) is 13.0. The van der Waals surface area contributed by atoms with E-state index in [0.717, 1.165) is 61.6 Å². The Hall–Kier alpha value is -0.340. The summed E-state index contributed by atoms with van der Waals surface area (Å²) >= 11 is 0. The van der Waals surface area contributed by atoms with E-state index >= 15 is 0 Å². The normalized spacial score (nSPS) is 40.8. The van der Waals surface area contributed by atoms with Gasteiger partial charge in [-0.3, -0.25) is 0 Å². The van der Waals surface area contributed by atoms with Crippen molar-refractivity contribution in [1.82, 2.24) is 0 Å². The topological polar surface area (TPSA) is 29.5 Å². The third kappa shape index (κ3) is 5.74. The van der Waals surface area contributed by atoms with Crippen LogP contribution >= 0.6 is 0 Å². The fourth-order valence-electron chi connectivity index (χ4n) is 8.87. The van der Waals surface area contributed by atoms with Crippen molar-refractivity contribution >= 4 is 0 Å². The smallest absolute Gasteiger partial charge is 0.0577 e. The maximum absolute atomic E-state index is 10.2. The number of ether oxygens (including phenoxy) is 1. The second kappa shape index (κ2) is 11.6. The summed E-state index contributed by atoms with van der Waals surface area (Å²) in [6.07, 6.45) is 17.2. The highest BCUT2D eigenvalue weighted by molar-refractivity contribution is 5.25. The maximum atomic E-state index is 10.2. The van der Waals surface area contributed by atoms with Gasteiger partial charge in [0.15, 0.2) is 0 Å². The number of aliphatic hydroxyl groups excluding tert-OH is 1. The molecule has 4 aliphatic carbocycles. The molecule has 0 unspecified atom stereocenters. The first-order chi connectivity index (χ1) is 15.7. The molecule has 3 saturated carbocycles. The fourth-order valence-corrected chi connectivity index (χ4v) is 8.87. The van der Waals surface area contributed by atoms with Crippen LogP contribution in [0.5, 0.6) is 0 Å². The molecule has 0 radical (unpaired) electrons. The van der Waals surface area contributed by atoms with E-state index in [0.29, 0.717) is 10.8 Å². The summed E-state index contributed by atoms with van der Waals surface area (Å²) < 4.78 is 4.83. The molecule has 2 nitrogen and oxygen atoms in total. The molecule has 0 heterocycles. The van der Waals surface area contributed by atoms with Crippen LogP contribution in [0.1, 0.15) is 119 Å². The lowest BCUT2D eigenvalue weighted by Crippen LogP contribution is -2.50. The predicted molar refractivity (Wildman–Crippen MR) is 141 cm³/mol. The summed E-state index contributed by atoms with van der Waals surface area (Å²) in [7, 11) is 0. The number of rotatable bonds is 7. The standard InChI is InChI=1S/C27H46O.C4H10O/c1-18(2)7-6-8-19(3)23-11-12-24-22-10-9-20-17-21(28)13-15-26(20,4)25(22)14-16-27(23,24)5;1-3-5-4-2/h9,18-19,21-25,28H,6-8,10-17H2,1-5H3;3-4H2,1-2H3/t19-,21+,22+,23-,24+,25+,26+,27-;/m1./s1. The van der Waals surface area contributed by atoms with E-state index in [2.05, 4.69) is 40.7 Å². The van der Waals surface area contributed by atoms with Gasteiger partial charge in [-0.05, 0) is 112 Å². The Kier molecular flexibility index (Phi) is 9.58. The number of allylic oxidation sites excluding steroid dienone is 1. The Morgan fingerprint density at radius 3 is 2.33 bits per heavy atom. The van der Waals surface area contributed by atoms with Gasteiger partial charge in [0.1, 0.15) is 0 Å². The van der Waals surface area contributed by atoms with Crippen molar-refractivity contribution in [2.75, 3.05) is 13.2 Å². The Morgan fingerprint density at radius 2 is 1.70 bits per heavy atom. The molecule has 0 aliphatic heterocycles. The molecule has 2 heteroatoms. The van der Waals surface area contributed by atoms with Crippen LogP contribution in [0.3, 0.4) is 0 Å². The van der Waals surface area contributed by atoms with E-state index in [-0.39, 0.29) is 6.10 Å². The van der Waals surface area contributed by atoms with Crippen molar-refractivity contribution in [2.24, 2.45) is 46.3 Å². The molecule has 8 atom stereocenters. The minimum absolute atomic E-state index is 0.0766. The summed E-state index contributed by atoms with van der Waals surface area (Å²) in [5.41, 5.74) is 2.60. The third-order valence-corrected chi connectivity index (χ3v) is 10.7. The number of aliphatic hydroxyl groups is 1. The predicted octanol–water partition coefficient (Wildman–Crippen LogP) is 8.43. The lowest BCUT2D eigenvalue weighted by molar-refractivity contribution is -0.0573. The van der Waals surface area contributed by atoms with Gasteiger partial charge in [-0.2, -0.15) is 0 Å². The van der Waals surface area contributed by atoms with Gasteiger partial charge in [-0.15, -0.1) is 0 Å². The lowest BCUT2D eigenvalue weighted by atomic mass is 9.47. The zero-order valence-corrected chi connectivity index (χ0v) is 23.2. The summed E-state index contributed by atoms with van der Waals surface area (Å²) in [6, 6.07) is 0. The Balaban J connectivity index is 0.000000555. The van der Waals surface area contributed by atoms with Gasteiger partial charge >= 0.3 is 0 Å². The van der Waals surface area contributed by atoms with Gasteiger partial charge in [0.25, 0.3) is 0 Å². The van der Waals surface area contributed by atoms with Crippen LogP contribution in [-0.4, -0.2) is 24.4 Å². The van der Waals surface area contributed by atoms with Crippen molar-refractivity contribution in [3.63, 3.8) is 0 Å². The van der Waals surface area contributed by atoms with Crippen molar-refractivity contribution < 1.29 is 9.84 Å². The van der Waals surface area contributed by atoms with Crippen molar-refractivity contribution in [3.05, 3.63) is 11.6 Å². The number of fused-ring (bicyclic) bond motifs is 5. The molecule has 1 N–H and O–H groups in total. The third-order valence-electron chi connectivity index (χ3n) is 10.7. The lowest BCUT2D eigenvalue weighted by Gasteiger charge is -2.58. The average molecular weight is 461 g/mol. The molecule has 0 aromatic rings. The molecule has 192 valence electrons. The number of hydrogen-bond acceptors (Lipinski definition) is 2. The van der Waals surface area contributed by atoms with Crippen molar-refractivity contribution in [3.8, 4) is 0 Å². The van der Waals surface area contributed by atoms with Crippen LogP contribution < -0.4 is 0 Å². The molecular formula is C31H56O2. The molecule has 0 bridgehead atoms. The van der Waals surface area contributed by atoms with Crippen LogP contribution in [0.4, 0.5) is 0 Å². The first kappa shape index (κ1) is 27.3. The first-order valence-electron chi connectivity index (χ1n) is 14.6. The van der Waals surface area contributed by atoms with E-state index in [4.69, 9.17) is 4.74 Å². The summed E-state index contributed by atoms with van der Waals surface area (Å²) in [5.74, 6) is 5.46. The highest BCUT2D eigenvalue weighted by Gasteiger charge is 2.59. The first-order valence-corrected chi connectivity index (χ1v) is 14.6. The summed E-state index contributed by atoms with van der Waals surface area (Å²) in [6.45, 7) is 18.2. The van der Waals surface area contributed by atoms with Gasteiger partial charge < -0.3 is 9.84 Å². The van der Waals surface area contributed by atoms with E-state index in [1.807, 2.05) is 13.8 Å². The highest BCUT2D eigenvalue weighted by Crippen LogP contribution is 2.67. The highest BCUT2D eigenvalue weighted by atomic mass is 16.5. The van der Waals surface area contributed by atoms with Gasteiger partial charge in [0.2, 0.25) is 0 Å². The van der Waals surface area contributed by atoms with Gasteiger partial charge in [-0.25, -0.2) is 0 Å². The molecule has 0 aromatic carbocycles. The fraction of sp³-hybridized carbons (Fsp3) is 0.935. The summed E-state index contributed by atoms with van der Waals surface area (Å²) in [5, 5.41) is 10.2. The molecule has 0 saturated heterocycles. The molecule has 33 heavy (non-hydrogen) atoms. The van der Waals surface area contributed by atoms with E-state index in [1.165, 1.54) is 57.8 Å². The largest absolute Gasteiger partial charge is 0.393 e. The van der Waals surface area contributed by atoms with Crippen LogP contribution in [0, 0.1) is 46.3 Å². The monoisotopic (exact) mass is 460 g/mol. The van der Waals surface area contributed by atoms with Crippen LogP contribution in [0.2, 0.25) is 0 Å². The van der Waals surface area contributed by atoms with Gasteiger partial charge in [-0.1, -0.05) is 65.5 Å². The van der Waals surface area contributed by atoms with Crippen molar-refractivity contribution in [1.29, 1.82) is 0 Å². The Labute approximate surface area is 206 Å². The molecule has 3 fully saturated rings. The molecule has 0 aromatic heterocycles. The zero-order valence-electron chi connectivity index (χ0n) is 23.2. The molecular weight excluding hydrogens is 404 g/mol.